The predicted octanol–water partition coefficient (Wildman–Crippen LogP) is 2.49. The van der Waals surface area contributed by atoms with E-state index in [0.29, 0.717) is 17.1 Å². The molecule has 1 aromatic carbocycles. The van der Waals surface area contributed by atoms with Crippen molar-refractivity contribution in [2.75, 3.05) is 13.1 Å². The van der Waals surface area contributed by atoms with Crippen LogP contribution in [0.25, 0.3) is 0 Å². The summed E-state index contributed by atoms with van der Waals surface area (Å²) >= 11 is 7.98. The smallest absolute Gasteiger partial charge is 0.323 e. The Bertz CT molecular complexity index is 450. The Morgan fingerprint density at radius 3 is 2.59 bits per heavy atom. The van der Waals surface area contributed by atoms with E-state index in [-0.39, 0.29) is 12.5 Å². The van der Waals surface area contributed by atoms with Gasteiger partial charge in [-0.25, -0.2) is 0 Å². The summed E-state index contributed by atoms with van der Waals surface area (Å²) in [6.07, 6.45) is 0. The molecule has 92 valence electrons. The molecule has 0 fully saturated rings. The minimum atomic E-state index is -1.03. The summed E-state index contributed by atoms with van der Waals surface area (Å²) in [5.41, 5.74) is 0.401. The van der Waals surface area contributed by atoms with Crippen molar-refractivity contribution in [2.45, 2.75) is 6.92 Å². The molecule has 0 atom stereocenters. The van der Waals surface area contributed by atoms with Crippen molar-refractivity contribution in [1.82, 2.24) is 4.90 Å². The molecule has 0 aromatic heterocycles. The van der Waals surface area contributed by atoms with Gasteiger partial charge in [0.15, 0.2) is 0 Å². The third-order valence-electron chi connectivity index (χ3n) is 2.16. The molecule has 0 bridgehead atoms. The lowest BCUT2D eigenvalue weighted by Crippen LogP contribution is -2.35. The Hall–Kier alpha value is -0.820. The second kappa shape index (κ2) is 6.20. The molecule has 0 saturated heterocycles. The van der Waals surface area contributed by atoms with Crippen molar-refractivity contribution in [3.05, 3.63) is 32.4 Å². The minimum Gasteiger partial charge on any atom is -0.480 e. The number of carbonyl (C=O) groups excluding carboxylic acids is 1. The SMILES string of the molecule is CCN(CC(=O)O)C(=O)c1ccc(I)c(Cl)c1. The van der Waals surface area contributed by atoms with E-state index in [4.69, 9.17) is 16.7 Å². The summed E-state index contributed by atoms with van der Waals surface area (Å²) in [7, 11) is 0. The Morgan fingerprint density at radius 2 is 2.12 bits per heavy atom. The van der Waals surface area contributed by atoms with E-state index in [1.807, 2.05) is 0 Å². The highest BCUT2D eigenvalue weighted by atomic mass is 127. The van der Waals surface area contributed by atoms with Gasteiger partial charge in [-0.3, -0.25) is 9.59 Å². The molecule has 1 N–H and O–H groups in total. The Morgan fingerprint density at radius 1 is 1.47 bits per heavy atom. The highest BCUT2D eigenvalue weighted by Gasteiger charge is 2.17. The molecule has 1 rings (SSSR count). The molecule has 0 aliphatic carbocycles. The Labute approximate surface area is 118 Å². The van der Waals surface area contributed by atoms with Gasteiger partial charge in [-0.15, -0.1) is 0 Å². The first-order valence-corrected chi connectivity index (χ1v) is 6.37. The van der Waals surface area contributed by atoms with Gasteiger partial charge in [0.2, 0.25) is 0 Å². The number of likely N-dealkylation sites (N-methyl/N-ethyl adjacent to an activating group) is 1. The highest BCUT2D eigenvalue weighted by Crippen LogP contribution is 2.20. The number of benzene rings is 1. The Balaban J connectivity index is 2.93. The number of amides is 1. The van der Waals surface area contributed by atoms with Gasteiger partial charge in [0.1, 0.15) is 6.54 Å². The Kier molecular flexibility index (Phi) is 5.20. The van der Waals surface area contributed by atoms with Gasteiger partial charge in [-0.1, -0.05) is 11.6 Å². The van der Waals surface area contributed by atoms with E-state index in [1.165, 1.54) is 4.90 Å². The third kappa shape index (κ3) is 3.85. The molecule has 0 saturated carbocycles. The second-order valence-corrected chi connectivity index (χ2v) is 4.91. The minimum absolute atomic E-state index is 0.307. The quantitative estimate of drug-likeness (QED) is 0.832. The summed E-state index contributed by atoms with van der Waals surface area (Å²) in [6.45, 7) is 1.77. The number of hydrogen-bond donors (Lipinski definition) is 1. The van der Waals surface area contributed by atoms with Crippen LogP contribution in [-0.2, 0) is 4.79 Å². The van der Waals surface area contributed by atoms with Crippen molar-refractivity contribution >= 4 is 46.1 Å². The van der Waals surface area contributed by atoms with Gasteiger partial charge in [0.25, 0.3) is 5.91 Å². The van der Waals surface area contributed by atoms with Crippen molar-refractivity contribution < 1.29 is 14.7 Å². The number of rotatable bonds is 4. The number of aliphatic carboxylic acids is 1. The first-order valence-electron chi connectivity index (χ1n) is 4.91. The monoisotopic (exact) mass is 367 g/mol. The lowest BCUT2D eigenvalue weighted by atomic mass is 10.2. The van der Waals surface area contributed by atoms with Gasteiger partial charge < -0.3 is 10.0 Å². The normalized spacial score (nSPS) is 10.1. The zero-order valence-electron chi connectivity index (χ0n) is 9.11. The molecule has 0 aliphatic rings. The van der Waals surface area contributed by atoms with Crippen LogP contribution in [0, 0.1) is 3.57 Å². The molecule has 0 heterocycles. The molecular weight excluding hydrogens is 356 g/mol. The van der Waals surface area contributed by atoms with E-state index in [9.17, 15) is 9.59 Å². The summed E-state index contributed by atoms with van der Waals surface area (Å²) in [5.74, 6) is -1.36. The molecule has 1 aromatic rings. The van der Waals surface area contributed by atoms with Crippen LogP contribution < -0.4 is 0 Å². The zero-order valence-corrected chi connectivity index (χ0v) is 12.0. The third-order valence-corrected chi connectivity index (χ3v) is 3.73. The first-order chi connectivity index (χ1) is 7.95. The molecule has 0 aliphatic heterocycles. The molecular formula is C11H11ClINO3. The number of carboxylic acids is 1. The molecule has 17 heavy (non-hydrogen) atoms. The maximum atomic E-state index is 12.0. The maximum absolute atomic E-state index is 12.0. The van der Waals surface area contributed by atoms with Crippen LogP contribution in [0.15, 0.2) is 18.2 Å². The fraction of sp³-hybridized carbons (Fsp3) is 0.273. The van der Waals surface area contributed by atoms with Crippen LogP contribution >= 0.6 is 34.2 Å². The summed E-state index contributed by atoms with van der Waals surface area (Å²) < 4.78 is 0.849. The van der Waals surface area contributed by atoms with Crippen LogP contribution in [0.3, 0.4) is 0 Å². The molecule has 6 heteroatoms. The average Bonchev–Trinajstić information content (AvgIpc) is 2.28. The fourth-order valence-electron chi connectivity index (χ4n) is 1.30. The van der Waals surface area contributed by atoms with E-state index in [0.717, 1.165) is 3.57 Å². The lowest BCUT2D eigenvalue weighted by molar-refractivity contribution is -0.137. The number of carbonyl (C=O) groups is 2. The fourth-order valence-corrected chi connectivity index (χ4v) is 1.82. The van der Waals surface area contributed by atoms with Gasteiger partial charge in [-0.2, -0.15) is 0 Å². The van der Waals surface area contributed by atoms with E-state index in [1.54, 1.807) is 25.1 Å². The molecule has 0 unspecified atom stereocenters. The summed E-state index contributed by atoms with van der Waals surface area (Å²) in [5, 5.41) is 9.18. The van der Waals surface area contributed by atoms with E-state index >= 15 is 0 Å². The van der Waals surface area contributed by atoms with Crippen molar-refractivity contribution in [3.8, 4) is 0 Å². The van der Waals surface area contributed by atoms with Gasteiger partial charge in [-0.05, 0) is 47.7 Å². The van der Waals surface area contributed by atoms with Gasteiger partial charge in [0, 0.05) is 15.7 Å². The zero-order chi connectivity index (χ0) is 13.0. The van der Waals surface area contributed by atoms with Crippen LogP contribution in [0.5, 0.6) is 0 Å². The van der Waals surface area contributed by atoms with Crippen molar-refractivity contribution in [1.29, 1.82) is 0 Å². The number of nitrogens with zero attached hydrogens (tertiary/aromatic N) is 1. The molecule has 4 nitrogen and oxygen atoms in total. The first kappa shape index (κ1) is 14.2. The van der Waals surface area contributed by atoms with Crippen LogP contribution in [0.1, 0.15) is 17.3 Å². The van der Waals surface area contributed by atoms with Crippen molar-refractivity contribution in [2.24, 2.45) is 0 Å². The summed E-state index contributed by atoms with van der Waals surface area (Å²) in [6, 6.07) is 4.92. The van der Waals surface area contributed by atoms with E-state index < -0.39 is 5.97 Å². The number of carboxylic acid groups (broad SMARTS) is 1. The van der Waals surface area contributed by atoms with Gasteiger partial charge in [0.05, 0.1) is 5.02 Å². The largest absolute Gasteiger partial charge is 0.480 e. The predicted molar refractivity (Wildman–Crippen MR) is 73.4 cm³/mol. The van der Waals surface area contributed by atoms with E-state index in [2.05, 4.69) is 22.6 Å². The van der Waals surface area contributed by atoms with Crippen LogP contribution in [-0.4, -0.2) is 35.0 Å². The van der Waals surface area contributed by atoms with Crippen LogP contribution in [0.4, 0.5) is 0 Å². The standard InChI is InChI=1S/C11H11ClINO3/c1-2-14(6-10(15)16)11(17)7-3-4-9(13)8(12)5-7/h3-5H,2,6H2,1H3,(H,15,16). The average molecular weight is 368 g/mol. The maximum Gasteiger partial charge on any atom is 0.323 e. The lowest BCUT2D eigenvalue weighted by Gasteiger charge is -2.18. The van der Waals surface area contributed by atoms with Crippen molar-refractivity contribution in [3.63, 3.8) is 0 Å². The molecule has 0 spiro atoms. The highest BCUT2D eigenvalue weighted by molar-refractivity contribution is 14.1. The summed E-state index contributed by atoms with van der Waals surface area (Å²) in [4.78, 5) is 23.8. The number of halogens is 2. The second-order valence-electron chi connectivity index (χ2n) is 3.34. The van der Waals surface area contributed by atoms with Crippen LogP contribution in [0.2, 0.25) is 5.02 Å². The molecule has 1 amide bonds. The van der Waals surface area contributed by atoms with Gasteiger partial charge >= 0.3 is 5.97 Å². The molecule has 0 radical (unpaired) electrons. The topological polar surface area (TPSA) is 57.6 Å². The number of hydrogen-bond acceptors (Lipinski definition) is 2.